The van der Waals surface area contributed by atoms with E-state index in [2.05, 4.69) is 16.5 Å². The normalized spacial score (nSPS) is 14.0. The molecule has 0 amide bonds. The molecule has 0 saturated heterocycles. The predicted molar refractivity (Wildman–Crippen MR) is 115 cm³/mol. The van der Waals surface area contributed by atoms with Gasteiger partial charge in [-0.2, -0.15) is 0 Å². The van der Waals surface area contributed by atoms with Crippen molar-refractivity contribution in [1.82, 2.24) is 4.90 Å². The molecule has 0 fully saturated rings. The molecular formula is C23H44N2O. The lowest BCUT2D eigenvalue weighted by molar-refractivity contribution is 0.255. The molecule has 1 rings (SSSR count). The predicted octanol–water partition coefficient (Wildman–Crippen LogP) is 6.12. The molecule has 0 radical (unpaired) electrons. The van der Waals surface area contributed by atoms with Crippen LogP contribution in [0.1, 0.15) is 103 Å². The lowest BCUT2D eigenvalue weighted by Crippen LogP contribution is -2.30. The maximum absolute atomic E-state index is 9.06. The third-order valence-corrected chi connectivity index (χ3v) is 5.46. The fourth-order valence-corrected chi connectivity index (χ4v) is 3.82. The Hall–Kier alpha value is -0.830. The number of β-amino-alcohol motifs (C(OH)–C–C–N with tert-alkyl or cyclic N) is 1. The maximum Gasteiger partial charge on any atom is 0.0991 e. The Kier molecular flexibility index (Phi) is 15.7. The van der Waals surface area contributed by atoms with Crippen LogP contribution in [-0.2, 0) is 0 Å². The SMILES string of the molecule is C=CCCCCCCCCCCCCCCCCC1=NCCN1CCO. The number of hydrogen-bond acceptors (Lipinski definition) is 3. The van der Waals surface area contributed by atoms with Gasteiger partial charge in [-0.1, -0.05) is 83.1 Å². The summed E-state index contributed by atoms with van der Waals surface area (Å²) in [5.41, 5.74) is 0. The van der Waals surface area contributed by atoms with Crippen LogP contribution in [0, 0.1) is 0 Å². The Morgan fingerprint density at radius 3 is 1.81 bits per heavy atom. The van der Waals surface area contributed by atoms with Crippen molar-refractivity contribution < 1.29 is 5.11 Å². The van der Waals surface area contributed by atoms with E-state index in [1.165, 1.54) is 102 Å². The molecule has 152 valence electrons. The van der Waals surface area contributed by atoms with E-state index in [0.717, 1.165) is 26.1 Å². The quantitative estimate of drug-likeness (QED) is 0.221. The summed E-state index contributed by atoms with van der Waals surface area (Å²) in [6, 6.07) is 0. The van der Waals surface area contributed by atoms with Gasteiger partial charge in [-0.3, -0.25) is 4.99 Å². The van der Waals surface area contributed by atoms with Crippen molar-refractivity contribution in [3.05, 3.63) is 12.7 Å². The van der Waals surface area contributed by atoms with Crippen LogP contribution in [-0.4, -0.2) is 42.1 Å². The molecule has 0 spiro atoms. The zero-order valence-corrected chi connectivity index (χ0v) is 17.3. The van der Waals surface area contributed by atoms with Crippen LogP contribution >= 0.6 is 0 Å². The minimum atomic E-state index is 0.245. The van der Waals surface area contributed by atoms with Crippen LogP contribution < -0.4 is 0 Å². The molecule has 1 aliphatic rings. The lowest BCUT2D eigenvalue weighted by atomic mass is 10.0. The summed E-state index contributed by atoms with van der Waals surface area (Å²) in [6.45, 7) is 6.70. The molecule has 0 unspecified atom stereocenters. The Morgan fingerprint density at radius 1 is 0.808 bits per heavy atom. The van der Waals surface area contributed by atoms with Crippen molar-refractivity contribution in [2.24, 2.45) is 4.99 Å². The van der Waals surface area contributed by atoms with Crippen molar-refractivity contribution in [3.63, 3.8) is 0 Å². The van der Waals surface area contributed by atoms with Gasteiger partial charge < -0.3 is 10.0 Å². The number of allylic oxidation sites excluding steroid dienone is 1. The fourth-order valence-electron chi connectivity index (χ4n) is 3.82. The van der Waals surface area contributed by atoms with Gasteiger partial charge >= 0.3 is 0 Å². The zero-order chi connectivity index (χ0) is 18.7. The molecule has 0 atom stereocenters. The monoisotopic (exact) mass is 364 g/mol. The molecule has 1 heterocycles. The third-order valence-electron chi connectivity index (χ3n) is 5.46. The third kappa shape index (κ3) is 12.5. The van der Waals surface area contributed by atoms with Gasteiger partial charge in [0.25, 0.3) is 0 Å². The summed E-state index contributed by atoms with van der Waals surface area (Å²) in [7, 11) is 0. The Balaban J connectivity index is 1.75. The maximum atomic E-state index is 9.06. The van der Waals surface area contributed by atoms with E-state index < -0.39 is 0 Å². The number of rotatable bonds is 19. The Bertz CT molecular complexity index is 354. The van der Waals surface area contributed by atoms with Crippen molar-refractivity contribution in [1.29, 1.82) is 0 Å². The highest BCUT2D eigenvalue weighted by Crippen LogP contribution is 2.15. The van der Waals surface area contributed by atoms with Crippen molar-refractivity contribution >= 4 is 5.84 Å². The van der Waals surface area contributed by atoms with Gasteiger partial charge in [-0.25, -0.2) is 0 Å². The van der Waals surface area contributed by atoms with Crippen LogP contribution in [0.2, 0.25) is 0 Å². The molecule has 1 N–H and O–H groups in total. The first-order valence-electron chi connectivity index (χ1n) is 11.4. The highest BCUT2D eigenvalue weighted by Gasteiger charge is 2.14. The van der Waals surface area contributed by atoms with Gasteiger partial charge in [0.05, 0.1) is 19.0 Å². The standard InChI is InChI=1S/C23H44N2O/c1-2-3-4-5-6-7-8-9-10-11-12-13-14-15-16-17-18-23-24-19-20-25(23)21-22-26/h2,26H,1,3-22H2. The van der Waals surface area contributed by atoms with Gasteiger partial charge in [0.2, 0.25) is 0 Å². The number of aliphatic hydroxyl groups is 1. The highest BCUT2D eigenvalue weighted by molar-refractivity contribution is 5.83. The van der Waals surface area contributed by atoms with E-state index in [9.17, 15) is 0 Å². The van der Waals surface area contributed by atoms with Gasteiger partial charge in [0.1, 0.15) is 0 Å². The first kappa shape index (κ1) is 23.2. The fraction of sp³-hybridized carbons (Fsp3) is 0.870. The van der Waals surface area contributed by atoms with Crippen molar-refractivity contribution in [2.45, 2.75) is 103 Å². The number of aliphatic hydroxyl groups excluding tert-OH is 1. The molecule has 0 aromatic heterocycles. The van der Waals surface area contributed by atoms with Gasteiger partial charge in [0.15, 0.2) is 0 Å². The lowest BCUT2D eigenvalue weighted by Gasteiger charge is -2.18. The second-order valence-corrected chi connectivity index (χ2v) is 7.79. The summed E-state index contributed by atoms with van der Waals surface area (Å²) in [6.07, 6.45) is 23.8. The number of nitrogens with zero attached hydrogens (tertiary/aromatic N) is 2. The highest BCUT2D eigenvalue weighted by atomic mass is 16.3. The molecule has 0 saturated carbocycles. The Morgan fingerprint density at radius 2 is 1.31 bits per heavy atom. The van der Waals surface area contributed by atoms with E-state index in [4.69, 9.17) is 5.11 Å². The second-order valence-electron chi connectivity index (χ2n) is 7.79. The second kappa shape index (κ2) is 17.6. The minimum absolute atomic E-state index is 0.245. The molecule has 26 heavy (non-hydrogen) atoms. The first-order chi connectivity index (χ1) is 12.9. The molecule has 3 heteroatoms. The smallest absolute Gasteiger partial charge is 0.0991 e. The van der Waals surface area contributed by atoms with Crippen LogP contribution in [0.15, 0.2) is 17.6 Å². The summed E-state index contributed by atoms with van der Waals surface area (Å²) in [5, 5.41) is 9.06. The van der Waals surface area contributed by atoms with Gasteiger partial charge in [-0.05, 0) is 19.3 Å². The van der Waals surface area contributed by atoms with Crippen molar-refractivity contribution in [3.8, 4) is 0 Å². The number of hydrogen-bond donors (Lipinski definition) is 1. The minimum Gasteiger partial charge on any atom is -0.395 e. The average molecular weight is 365 g/mol. The first-order valence-corrected chi connectivity index (χ1v) is 11.4. The van der Waals surface area contributed by atoms with E-state index in [1.54, 1.807) is 0 Å². The largest absolute Gasteiger partial charge is 0.395 e. The van der Waals surface area contributed by atoms with Crippen LogP contribution in [0.4, 0.5) is 0 Å². The molecule has 1 aliphatic heterocycles. The number of aliphatic imine (C=N–C) groups is 1. The van der Waals surface area contributed by atoms with Gasteiger partial charge in [0, 0.05) is 19.5 Å². The summed E-state index contributed by atoms with van der Waals surface area (Å²) < 4.78 is 0. The van der Waals surface area contributed by atoms with Gasteiger partial charge in [-0.15, -0.1) is 6.58 Å². The number of amidine groups is 1. The molecule has 3 nitrogen and oxygen atoms in total. The molecule has 0 aliphatic carbocycles. The van der Waals surface area contributed by atoms with E-state index >= 15 is 0 Å². The van der Waals surface area contributed by atoms with E-state index in [-0.39, 0.29) is 6.61 Å². The van der Waals surface area contributed by atoms with Crippen molar-refractivity contribution in [2.75, 3.05) is 26.2 Å². The topological polar surface area (TPSA) is 35.8 Å². The summed E-state index contributed by atoms with van der Waals surface area (Å²) in [5.74, 6) is 1.24. The molecule has 0 bridgehead atoms. The van der Waals surface area contributed by atoms with Crippen LogP contribution in [0.5, 0.6) is 0 Å². The molecular weight excluding hydrogens is 320 g/mol. The Labute approximate surface area is 163 Å². The molecule has 0 aromatic rings. The van der Waals surface area contributed by atoms with E-state index in [1.807, 2.05) is 6.08 Å². The molecule has 0 aromatic carbocycles. The van der Waals surface area contributed by atoms with E-state index in [0.29, 0.717) is 0 Å². The zero-order valence-electron chi connectivity index (χ0n) is 17.3. The number of unbranched alkanes of at least 4 members (excludes halogenated alkanes) is 14. The van der Waals surface area contributed by atoms with Crippen LogP contribution in [0.3, 0.4) is 0 Å². The average Bonchev–Trinajstić information content (AvgIpc) is 3.09. The summed E-state index contributed by atoms with van der Waals surface area (Å²) in [4.78, 5) is 6.82. The van der Waals surface area contributed by atoms with Crippen LogP contribution in [0.25, 0.3) is 0 Å². The summed E-state index contributed by atoms with van der Waals surface area (Å²) >= 11 is 0.